The number of nitro benzene ring substituents is 1. The maximum Gasteiger partial charge on any atom is 0.310 e. The number of likely N-dealkylation sites (tertiary alicyclic amines) is 1. The van der Waals surface area contributed by atoms with Crippen molar-refractivity contribution in [2.75, 3.05) is 32.8 Å². The molecule has 9 nitrogen and oxygen atoms in total. The van der Waals surface area contributed by atoms with Crippen molar-refractivity contribution in [3.63, 3.8) is 0 Å². The summed E-state index contributed by atoms with van der Waals surface area (Å²) in [5, 5.41) is 23.2. The van der Waals surface area contributed by atoms with Crippen LogP contribution >= 0.6 is 0 Å². The second-order valence-electron chi connectivity index (χ2n) is 9.36. The number of rotatable bonds is 8. The number of aliphatic hydroxyl groups excluding tert-OH is 1. The summed E-state index contributed by atoms with van der Waals surface area (Å²) < 4.78 is 5.50. The van der Waals surface area contributed by atoms with Gasteiger partial charge in [0.05, 0.1) is 4.92 Å². The Balaban J connectivity index is 1.14. The Morgan fingerprint density at radius 1 is 0.972 bits per heavy atom. The number of amides is 2. The van der Waals surface area contributed by atoms with Crippen LogP contribution in [-0.2, 0) is 0 Å². The van der Waals surface area contributed by atoms with Crippen molar-refractivity contribution in [3.8, 4) is 5.75 Å². The van der Waals surface area contributed by atoms with Gasteiger partial charge in [-0.3, -0.25) is 24.6 Å². The minimum absolute atomic E-state index is 0.0491. The van der Waals surface area contributed by atoms with Gasteiger partial charge in [0, 0.05) is 35.7 Å². The van der Waals surface area contributed by atoms with E-state index in [1.807, 2.05) is 24.3 Å². The zero-order chi connectivity index (χ0) is 25.2. The summed E-state index contributed by atoms with van der Waals surface area (Å²) in [4.78, 5) is 40.4. The number of β-amino-alcohol motifs (C(OH)–C–C–N with tert-alkyl or cyclic N) is 1. The molecular formula is C27H27N3O6. The van der Waals surface area contributed by atoms with Gasteiger partial charge < -0.3 is 14.7 Å². The molecule has 0 spiro atoms. The third kappa shape index (κ3) is 4.67. The normalized spacial score (nSPS) is 17.4. The van der Waals surface area contributed by atoms with Crippen LogP contribution in [0.3, 0.4) is 0 Å². The molecule has 2 aliphatic rings. The number of nitro groups is 1. The van der Waals surface area contributed by atoms with Crippen molar-refractivity contribution in [1.29, 1.82) is 0 Å². The zero-order valence-corrected chi connectivity index (χ0v) is 19.7. The molecule has 3 aromatic carbocycles. The lowest BCUT2D eigenvalue weighted by Gasteiger charge is -2.36. The molecule has 0 bridgehead atoms. The second kappa shape index (κ2) is 10.0. The van der Waals surface area contributed by atoms with Crippen molar-refractivity contribution >= 4 is 28.3 Å². The largest absolute Gasteiger partial charge is 0.484 e. The maximum absolute atomic E-state index is 13.2. The van der Waals surface area contributed by atoms with Crippen LogP contribution in [0.25, 0.3) is 10.8 Å². The lowest BCUT2D eigenvalue weighted by atomic mass is 9.91. The summed E-state index contributed by atoms with van der Waals surface area (Å²) in [6.45, 7) is 2.14. The van der Waals surface area contributed by atoms with Crippen molar-refractivity contribution < 1.29 is 24.4 Å². The molecule has 1 saturated heterocycles. The first kappa shape index (κ1) is 23.9. The van der Waals surface area contributed by atoms with E-state index in [1.54, 1.807) is 24.3 Å². The Labute approximate surface area is 208 Å². The van der Waals surface area contributed by atoms with Crippen LogP contribution in [0, 0.1) is 16.0 Å². The number of carbonyl (C=O) groups is 2. The van der Waals surface area contributed by atoms with E-state index in [4.69, 9.17) is 4.74 Å². The summed E-state index contributed by atoms with van der Waals surface area (Å²) in [5.74, 6) is -0.170. The fourth-order valence-corrected chi connectivity index (χ4v) is 5.12. The average Bonchev–Trinajstić information content (AvgIpc) is 2.89. The number of para-hydroxylation sites is 2. The van der Waals surface area contributed by atoms with Crippen LogP contribution in [-0.4, -0.2) is 70.5 Å². The van der Waals surface area contributed by atoms with Gasteiger partial charge in [0.1, 0.15) is 12.7 Å². The Hall–Kier alpha value is -3.82. The van der Waals surface area contributed by atoms with E-state index in [2.05, 4.69) is 4.90 Å². The molecule has 2 heterocycles. The van der Waals surface area contributed by atoms with Crippen LogP contribution in [0.2, 0.25) is 0 Å². The van der Waals surface area contributed by atoms with Crippen molar-refractivity contribution in [2.24, 2.45) is 5.92 Å². The summed E-state index contributed by atoms with van der Waals surface area (Å²) in [6.07, 6.45) is 0.782. The highest BCUT2D eigenvalue weighted by molar-refractivity contribution is 6.25. The fraction of sp³-hybridized carbons (Fsp3) is 0.333. The molecule has 0 aliphatic carbocycles. The van der Waals surface area contributed by atoms with Gasteiger partial charge in [-0.1, -0.05) is 36.4 Å². The quantitative estimate of drug-likeness (QED) is 0.293. The van der Waals surface area contributed by atoms with Gasteiger partial charge in [-0.2, -0.15) is 0 Å². The number of hydrogen-bond acceptors (Lipinski definition) is 7. The molecular weight excluding hydrogens is 462 g/mol. The second-order valence-corrected chi connectivity index (χ2v) is 9.36. The topological polar surface area (TPSA) is 113 Å². The lowest BCUT2D eigenvalue weighted by Crippen LogP contribution is -2.46. The maximum atomic E-state index is 13.2. The van der Waals surface area contributed by atoms with Crippen molar-refractivity contribution in [1.82, 2.24) is 9.80 Å². The molecule has 1 fully saturated rings. The van der Waals surface area contributed by atoms with Crippen LogP contribution in [0.15, 0.2) is 60.7 Å². The Morgan fingerprint density at radius 3 is 2.25 bits per heavy atom. The standard InChI is InChI=1S/C27H27N3O6/c31-20(17-36-24-10-2-1-9-23(24)30(34)35)16-28-13-11-18(12-14-28)15-29-26(32)21-7-3-5-19-6-4-8-22(25(19)21)27(29)33/h1-10,18,20,31H,11-17H2/t20-/m0/s1. The van der Waals surface area contributed by atoms with Gasteiger partial charge in [0.15, 0.2) is 5.75 Å². The van der Waals surface area contributed by atoms with E-state index in [0.717, 1.165) is 36.7 Å². The van der Waals surface area contributed by atoms with Gasteiger partial charge in [-0.05, 0) is 55.4 Å². The van der Waals surface area contributed by atoms with Crippen molar-refractivity contribution in [3.05, 3.63) is 81.9 Å². The van der Waals surface area contributed by atoms with Crippen molar-refractivity contribution in [2.45, 2.75) is 18.9 Å². The molecule has 3 aromatic rings. The minimum Gasteiger partial charge on any atom is -0.484 e. The number of ether oxygens (including phenoxy) is 1. The Kier molecular flexibility index (Phi) is 6.67. The van der Waals surface area contributed by atoms with Gasteiger partial charge in [-0.25, -0.2) is 0 Å². The molecule has 9 heteroatoms. The molecule has 1 N–H and O–H groups in total. The summed E-state index contributed by atoms with van der Waals surface area (Å²) in [5.41, 5.74) is 1.01. The Bertz CT molecular complexity index is 1270. The molecule has 0 unspecified atom stereocenters. The number of piperidine rings is 1. The zero-order valence-electron chi connectivity index (χ0n) is 19.7. The fourth-order valence-electron chi connectivity index (χ4n) is 5.12. The first-order valence-electron chi connectivity index (χ1n) is 12.1. The molecule has 0 aromatic heterocycles. The highest BCUT2D eigenvalue weighted by atomic mass is 16.6. The average molecular weight is 490 g/mol. The molecule has 5 rings (SSSR count). The number of imide groups is 1. The summed E-state index contributed by atoms with van der Waals surface area (Å²) >= 11 is 0. The van der Waals surface area contributed by atoms with Gasteiger partial charge in [0.2, 0.25) is 0 Å². The Morgan fingerprint density at radius 2 is 1.61 bits per heavy atom. The summed E-state index contributed by atoms with van der Waals surface area (Å²) in [7, 11) is 0. The number of hydrogen-bond donors (Lipinski definition) is 1. The van der Waals surface area contributed by atoms with E-state index < -0.39 is 11.0 Å². The van der Waals surface area contributed by atoms with Crippen LogP contribution in [0.1, 0.15) is 33.6 Å². The molecule has 1 atom stereocenters. The third-order valence-electron chi connectivity index (χ3n) is 6.97. The molecule has 36 heavy (non-hydrogen) atoms. The predicted octanol–water partition coefficient (Wildman–Crippen LogP) is 3.50. The van der Waals surface area contributed by atoms with Gasteiger partial charge in [-0.15, -0.1) is 0 Å². The van der Waals surface area contributed by atoms with Crippen LogP contribution < -0.4 is 4.74 Å². The van der Waals surface area contributed by atoms with Gasteiger partial charge >= 0.3 is 5.69 Å². The molecule has 186 valence electrons. The molecule has 0 radical (unpaired) electrons. The number of carbonyl (C=O) groups excluding carboxylic acids is 2. The number of benzene rings is 3. The van der Waals surface area contributed by atoms with E-state index in [-0.39, 0.29) is 35.8 Å². The number of aliphatic hydroxyl groups is 1. The van der Waals surface area contributed by atoms with E-state index in [1.165, 1.54) is 17.0 Å². The van der Waals surface area contributed by atoms with Crippen LogP contribution in [0.5, 0.6) is 5.75 Å². The number of nitrogens with zero attached hydrogens (tertiary/aromatic N) is 3. The van der Waals surface area contributed by atoms with E-state index >= 15 is 0 Å². The SMILES string of the molecule is O=C1c2cccc3cccc(c23)C(=O)N1CC1CCN(C[C@H](O)COc2ccccc2[N+](=O)[O-])CC1. The highest BCUT2D eigenvalue weighted by Gasteiger charge is 2.35. The monoisotopic (exact) mass is 489 g/mol. The van der Waals surface area contributed by atoms with E-state index in [0.29, 0.717) is 24.2 Å². The highest BCUT2D eigenvalue weighted by Crippen LogP contribution is 2.31. The first-order valence-corrected chi connectivity index (χ1v) is 12.1. The van der Waals surface area contributed by atoms with E-state index in [9.17, 15) is 24.8 Å². The molecule has 2 amide bonds. The predicted molar refractivity (Wildman–Crippen MR) is 133 cm³/mol. The molecule has 0 saturated carbocycles. The lowest BCUT2D eigenvalue weighted by molar-refractivity contribution is -0.385. The smallest absolute Gasteiger partial charge is 0.310 e. The van der Waals surface area contributed by atoms with Gasteiger partial charge in [0.25, 0.3) is 11.8 Å². The minimum atomic E-state index is -0.802. The molecule has 2 aliphatic heterocycles. The third-order valence-corrected chi connectivity index (χ3v) is 6.97. The van der Waals surface area contributed by atoms with Crippen LogP contribution in [0.4, 0.5) is 5.69 Å². The first-order chi connectivity index (χ1) is 17.4. The summed E-state index contributed by atoms with van der Waals surface area (Å²) in [6, 6.07) is 17.2.